The Morgan fingerprint density at radius 3 is 2.70 bits per heavy atom. The summed E-state index contributed by atoms with van der Waals surface area (Å²) in [6, 6.07) is 12.6. The number of hydrogen-bond donors (Lipinski definition) is 0. The number of aryl methyl sites for hydroxylation is 2. The van der Waals surface area contributed by atoms with Crippen LogP contribution in [0.4, 0.5) is 5.69 Å². The number of anilines is 1. The van der Waals surface area contributed by atoms with Crippen molar-refractivity contribution in [3.8, 4) is 0 Å². The number of hydrogen-bond acceptors (Lipinski definition) is 1. The average Bonchev–Trinajstić information content (AvgIpc) is 2.43. The lowest BCUT2D eigenvalue weighted by Crippen LogP contribution is -2.28. The van der Waals surface area contributed by atoms with Crippen LogP contribution in [0.5, 0.6) is 0 Å². The van der Waals surface area contributed by atoms with Gasteiger partial charge in [-0.15, -0.1) is 0 Å². The van der Waals surface area contributed by atoms with Gasteiger partial charge >= 0.3 is 0 Å². The van der Waals surface area contributed by atoms with Crippen LogP contribution in [0, 0.1) is 6.92 Å². The van der Waals surface area contributed by atoms with Crippen LogP contribution in [-0.4, -0.2) is 6.54 Å². The molecule has 0 aromatic heterocycles. The largest absolute Gasteiger partial charge is 0.367 e. The van der Waals surface area contributed by atoms with E-state index in [9.17, 15) is 0 Å². The van der Waals surface area contributed by atoms with Crippen molar-refractivity contribution < 1.29 is 0 Å². The van der Waals surface area contributed by atoms with E-state index in [1.807, 2.05) is 12.1 Å². The molecule has 0 saturated heterocycles. The lowest BCUT2D eigenvalue weighted by atomic mass is 9.99. The van der Waals surface area contributed by atoms with Gasteiger partial charge < -0.3 is 4.90 Å². The summed E-state index contributed by atoms with van der Waals surface area (Å²) < 4.78 is 0. The molecular formula is C17H17Cl2N. The Morgan fingerprint density at radius 1 is 1.05 bits per heavy atom. The van der Waals surface area contributed by atoms with Gasteiger partial charge in [-0.25, -0.2) is 0 Å². The Balaban J connectivity index is 1.87. The summed E-state index contributed by atoms with van der Waals surface area (Å²) in [5, 5.41) is 1.25. The summed E-state index contributed by atoms with van der Waals surface area (Å²) in [6.45, 7) is 4.13. The number of fused-ring (bicyclic) bond motifs is 1. The average molecular weight is 306 g/mol. The first kappa shape index (κ1) is 13.8. The molecular weight excluding hydrogens is 289 g/mol. The van der Waals surface area contributed by atoms with Crippen molar-refractivity contribution in [2.75, 3.05) is 11.4 Å². The van der Waals surface area contributed by atoms with Gasteiger partial charge in [-0.05, 0) is 49.1 Å². The second-order valence-electron chi connectivity index (χ2n) is 5.41. The van der Waals surface area contributed by atoms with Crippen LogP contribution in [0.15, 0.2) is 36.4 Å². The molecule has 0 atom stereocenters. The van der Waals surface area contributed by atoms with Crippen LogP contribution >= 0.6 is 23.2 Å². The normalized spacial score (nSPS) is 14.2. The van der Waals surface area contributed by atoms with Crippen molar-refractivity contribution in [1.82, 2.24) is 0 Å². The third-order valence-electron chi connectivity index (χ3n) is 3.81. The minimum Gasteiger partial charge on any atom is -0.367 e. The molecule has 3 heteroatoms. The van der Waals surface area contributed by atoms with Gasteiger partial charge in [0.2, 0.25) is 0 Å². The zero-order valence-electron chi connectivity index (χ0n) is 11.5. The molecule has 0 fully saturated rings. The number of nitrogens with zero attached hydrogens (tertiary/aromatic N) is 1. The van der Waals surface area contributed by atoms with E-state index in [1.54, 1.807) is 0 Å². The molecule has 1 nitrogen and oxygen atoms in total. The molecule has 0 unspecified atom stereocenters. The van der Waals surface area contributed by atoms with Gasteiger partial charge in [-0.1, -0.05) is 47.0 Å². The monoisotopic (exact) mass is 305 g/mol. The van der Waals surface area contributed by atoms with Gasteiger partial charge in [0.15, 0.2) is 0 Å². The fraction of sp³-hybridized carbons (Fsp3) is 0.294. The molecule has 0 spiro atoms. The molecule has 1 heterocycles. The standard InChI is InChI=1S/C17H17Cl2N/c1-12-4-7-17-14(9-12)3-2-8-20(17)11-13-5-6-15(18)16(19)10-13/h4-7,9-10H,2-3,8,11H2,1H3. The van der Waals surface area contributed by atoms with Crippen LogP contribution in [0.3, 0.4) is 0 Å². The van der Waals surface area contributed by atoms with E-state index in [0.717, 1.165) is 13.1 Å². The van der Waals surface area contributed by atoms with Crippen molar-refractivity contribution in [2.24, 2.45) is 0 Å². The fourth-order valence-electron chi connectivity index (χ4n) is 2.83. The van der Waals surface area contributed by atoms with E-state index in [1.165, 1.54) is 35.2 Å². The van der Waals surface area contributed by atoms with Gasteiger partial charge in [0.1, 0.15) is 0 Å². The Kier molecular flexibility index (Phi) is 3.91. The zero-order valence-corrected chi connectivity index (χ0v) is 13.0. The second kappa shape index (κ2) is 5.67. The maximum atomic E-state index is 6.10. The first-order valence-corrected chi connectivity index (χ1v) is 7.67. The fourth-order valence-corrected chi connectivity index (χ4v) is 3.15. The van der Waals surface area contributed by atoms with E-state index < -0.39 is 0 Å². The first-order valence-electron chi connectivity index (χ1n) is 6.92. The van der Waals surface area contributed by atoms with E-state index in [0.29, 0.717) is 10.0 Å². The summed E-state index contributed by atoms with van der Waals surface area (Å²) in [7, 11) is 0. The van der Waals surface area contributed by atoms with Gasteiger partial charge in [-0.3, -0.25) is 0 Å². The van der Waals surface area contributed by atoms with Crippen LogP contribution in [0.2, 0.25) is 10.0 Å². The molecule has 2 aromatic carbocycles. The molecule has 2 aromatic rings. The lowest BCUT2D eigenvalue weighted by molar-refractivity contribution is 0.691. The first-order chi connectivity index (χ1) is 9.63. The summed E-state index contributed by atoms with van der Waals surface area (Å²) in [6.07, 6.45) is 2.38. The van der Waals surface area contributed by atoms with E-state index >= 15 is 0 Å². The highest BCUT2D eigenvalue weighted by atomic mass is 35.5. The van der Waals surface area contributed by atoms with Crippen LogP contribution in [-0.2, 0) is 13.0 Å². The van der Waals surface area contributed by atoms with Crippen LogP contribution in [0.25, 0.3) is 0 Å². The Labute approximate surface area is 130 Å². The van der Waals surface area contributed by atoms with Crippen molar-refractivity contribution in [3.05, 3.63) is 63.1 Å². The SMILES string of the molecule is Cc1ccc2c(c1)CCCN2Cc1ccc(Cl)c(Cl)c1. The van der Waals surface area contributed by atoms with Gasteiger partial charge in [-0.2, -0.15) is 0 Å². The van der Waals surface area contributed by atoms with E-state index in [4.69, 9.17) is 23.2 Å². The highest BCUT2D eigenvalue weighted by Crippen LogP contribution is 2.30. The lowest BCUT2D eigenvalue weighted by Gasteiger charge is -2.31. The third-order valence-corrected chi connectivity index (χ3v) is 4.55. The Morgan fingerprint density at radius 2 is 1.90 bits per heavy atom. The maximum absolute atomic E-state index is 6.10. The summed E-state index contributed by atoms with van der Waals surface area (Å²) in [5.74, 6) is 0. The molecule has 0 aliphatic carbocycles. The maximum Gasteiger partial charge on any atom is 0.0595 e. The molecule has 1 aliphatic rings. The van der Waals surface area contributed by atoms with Gasteiger partial charge in [0.05, 0.1) is 10.0 Å². The summed E-state index contributed by atoms with van der Waals surface area (Å²) in [5.41, 5.74) is 5.34. The minimum absolute atomic E-state index is 0.616. The van der Waals surface area contributed by atoms with Crippen molar-refractivity contribution in [1.29, 1.82) is 0 Å². The van der Waals surface area contributed by atoms with Gasteiger partial charge in [0.25, 0.3) is 0 Å². The highest BCUT2D eigenvalue weighted by Gasteiger charge is 2.17. The summed E-state index contributed by atoms with van der Waals surface area (Å²) in [4.78, 5) is 2.43. The van der Waals surface area contributed by atoms with Crippen LogP contribution in [0.1, 0.15) is 23.1 Å². The Bertz CT molecular complexity index is 637. The molecule has 20 heavy (non-hydrogen) atoms. The predicted octanol–water partition coefficient (Wildman–Crippen LogP) is 5.25. The third kappa shape index (κ3) is 2.79. The number of rotatable bonds is 2. The molecule has 0 amide bonds. The molecule has 0 bridgehead atoms. The van der Waals surface area contributed by atoms with E-state index in [2.05, 4.69) is 36.1 Å². The summed E-state index contributed by atoms with van der Waals surface area (Å²) >= 11 is 12.1. The number of halogens is 2. The van der Waals surface area contributed by atoms with Crippen molar-refractivity contribution in [3.63, 3.8) is 0 Å². The molecule has 3 rings (SSSR count). The molecule has 0 saturated carbocycles. The van der Waals surface area contributed by atoms with Gasteiger partial charge in [0, 0.05) is 18.8 Å². The predicted molar refractivity (Wildman–Crippen MR) is 87.0 cm³/mol. The van der Waals surface area contributed by atoms with Crippen molar-refractivity contribution >= 4 is 28.9 Å². The smallest absolute Gasteiger partial charge is 0.0595 e. The topological polar surface area (TPSA) is 3.24 Å². The highest BCUT2D eigenvalue weighted by molar-refractivity contribution is 6.42. The Hall–Kier alpha value is -1.18. The van der Waals surface area contributed by atoms with Crippen LogP contribution < -0.4 is 4.90 Å². The molecule has 104 valence electrons. The van der Waals surface area contributed by atoms with Crippen molar-refractivity contribution in [2.45, 2.75) is 26.3 Å². The molecule has 1 aliphatic heterocycles. The molecule has 0 radical (unpaired) electrons. The zero-order chi connectivity index (χ0) is 14.1. The molecule has 0 N–H and O–H groups in total. The second-order valence-corrected chi connectivity index (χ2v) is 6.22. The minimum atomic E-state index is 0.616. The number of benzene rings is 2. The quantitative estimate of drug-likeness (QED) is 0.732. The van der Waals surface area contributed by atoms with E-state index in [-0.39, 0.29) is 0 Å².